The Labute approximate surface area is 102 Å². The van der Waals surface area contributed by atoms with Crippen LogP contribution in [-0.2, 0) is 0 Å². The molecule has 0 saturated carbocycles. The number of nitrogens with two attached hydrogens (primary N) is 1. The van der Waals surface area contributed by atoms with Gasteiger partial charge in [0.15, 0.2) is 0 Å². The summed E-state index contributed by atoms with van der Waals surface area (Å²) in [4.78, 5) is 11.0. The van der Waals surface area contributed by atoms with Gasteiger partial charge in [0.25, 0.3) is 0 Å². The van der Waals surface area contributed by atoms with Gasteiger partial charge in [-0.05, 0) is 30.7 Å². The zero-order chi connectivity index (χ0) is 12.8. The molecule has 0 spiro atoms. The van der Waals surface area contributed by atoms with Gasteiger partial charge in [-0.15, -0.1) is 0 Å². The summed E-state index contributed by atoms with van der Waals surface area (Å²) in [7, 11) is 0. The third kappa shape index (κ3) is 4.44. The maximum absolute atomic E-state index is 11.0. The normalized spacial score (nSPS) is 10.6. The van der Waals surface area contributed by atoms with Crippen LogP contribution in [0.1, 0.15) is 29.8 Å². The first-order chi connectivity index (χ1) is 8.00. The van der Waals surface area contributed by atoms with Crippen molar-refractivity contribution in [3.63, 3.8) is 0 Å². The molecule has 0 atom stereocenters. The van der Waals surface area contributed by atoms with Crippen LogP contribution in [0.4, 0.5) is 0 Å². The lowest BCUT2D eigenvalue weighted by atomic mass is 10.1. The molecule has 0 aromatic heterocycles. The second kappa shape index (κ2) is 6.25. The molecule has 1 aromatic carbocycles. The molecular weight excluding hydrogens is 216 g/mol. The highest BCUT2D eigenvalue weighted by atomic mass is 16.5. The minimum Gasteiger partial charge on any atom is -0.492 e. The van der Waals surface area contributed by atoms with Crippen LogP contribution in [0.5, 0.6) is 5.75 Å². The Morgan fingerprint density at radius 1 is 1.47 bits per heavy atom. The fourth-order valence-electron chi connectivity index (χ4n) is 1.52. The Kier molecular flexibility index (Phi) is 4.97. The van der Waals surface area contributed by atoms with E-state index in [1.54, 1.807) is 12.1 Å². The Bertz CT molecular complexity index is 389. The zero-order valence-electron chi connectivity index (χ0n) is 10.6. The van der Waals surface area contributed by atoms with Crippen molar-refractivity contribution in [2.24, 2.45) is 5.73 Å². The van der Waals surface area contributed by atoms with Gasteiger partial charge in [-0.1, -0.05) is 13.8 Å². The number of amides is 1. The average molecular weight is 236 g/mol. The number of rotatable bonds is 6. The SMILES string of the molecule is Cc1cc(OCCNC(C)C)ccc1C(N)=O. The number of nitrogens with one attached hydrogen (secondary N) is 1. The maximum Gasteiger partial charge on any atom is 0.248 e. The van der Waals surface area contributed by atoms with E-state index >= 15 is 0 Å². The highest BCUT2D eigenvalue weighted by molar-refractivity contribution is 5.94. The van der Waals surface area contributed by atoms with Gasteiger partial charge in [0.2, 0.25) is 5.91 Å². The largest absolute Gasteiger partial charge is 0.492 e. The molecule has 3 N–H and O–H groups in total. The van der Waals surface area contributed by atoms with Crippen molar-refractivity contribution >= 4 is 5.91 Å². The quantitative estimate of drug-likeness (QED) is 0.735. The molecule has 0 heterocycles. The molecule has 1 aromatic rings. The molecule has 1 amide bonds. The van der Waals surface area contributed by atoms with Crippen LogP contribution < -0.4 is 15.8 Å². The molecule has 0 aliphatic rings. The van der Waals surface area contributed by atoms with Gasteiger partial charge in [0, 0.05) is 18.2 Å². The minimum atomic E-state index is -0.407. The van der Waals surface area contributed by atoms with E-state index < -0.39 is 5.91 Å². The van der Waals surface area contributed by atoms with Crippen LogP contribution in [0, 0.1) is 6.92 Å². The van der Waals surface area contributed by atoms with Crippen LogP contribution in [0.3, 0.4) is 0 Å². The van der Waals surface area contributed by atoms with E-state index in [2.05, 4.69) is 19.2 Å². The van der Waals surface area contributed by atoms with Crippen molar-refractivity contribution in [1.82, 2.24) is 5.32 Å². The average Bonchev–Trinajstić information content (AvgIpc) is 2.23. The first-order valence-corrected chi connectivity index (χ1v) is 5.77. The fraction of sp³-hybridized carbons (Fsp3) is 0.462. The Hall–Kier alpha value is -1.55. The number of carbonyl (C=O) groups is 1. The molecule has 0 aliphatic carbocycles. The van der Waals surface area contributed by atoms with Crippen LogP contribution >= 0.6 is 0 Å². The molecule has 0 bridgehead atoms. The molecule has 0 saturated heterocycles. The molecule has 0 fully saturated rings. The molecule has 0 unspecified atom stereocenters. The fourth-order valence-corrected chi connectivity index (χ4v) is 1.52. The molecular formula is C13H20N2O2. The summed E-state index contributed by atoms with van der Waals surface area (Å²) in [6.45, 7) is 7.43. The summed E-state index contributed by atoms with van der Waals surface area (Å²) >= 11 is 0. The lowest BCUT2D eigenvalue weighted by Crippen LogP contribution is -2.27. The second-order valence-corrected chi connectivity index (χ2v) is 4.30. The van der Waals surface area contributed by atoms with Gasteiger partial charge in [-0.3, -0.25) is 4.79 Å². The van der Waals surface area contributed by atoms with Crippen LogP contribution in [-0.4, -0.2) is 25.1 Å². The predicted octanol–water partition coefficient (Wildman–Crippen LogP) is 1.47. The number of hydrogen-bond donors (Lipinski definition) is 2. The van der Waals surface area contributed by atoms with E-state index in [-0.39, 0.29) is 0 Å². The van der Waals surface area contributed by atoms with Gasteiger partial charge in [-0.2, -0.15) is 0 Å². The standard InChI is InChI=1S/C13H20N2O2/c1-9(2)15-6-7-17-11-4-5-12(13(14)16)10(3)8-11/h4-5,8-9,15H,6-7H2,1-3H3,(H2,14,16). The van der Waals surface area contributed by atoms with Crippen molar-refractivity contribution < 1.29 is 9.53 Å². The van der Waals surface area contributed by atoms with Gasteiger partial charge in [0.05, 0.1) is 0 Å². The molecule has 0 radical (unpaired) electrons. The number of benzene rings is 1. The number of ether oxygens (including phenoxy) is 1. The summed E-state index contributed by atoms with van der Waals surface area (Å²) in [6.07, 6.45) is 0. The zero-order valence-corrected chi connectivity index (χ0v) is 10.6. The lowest BCUT2D eigenvalue weighted by molar-refractivity contribution is 0.0999. The number of aryl methyl sites for hydroxylation is 1. The highest BCUT2D eigenvalue weighted by Crippen LogP contribution is 2.16. The van der Waals surface area contributed by atoms with E-state index in [0.29, 0.717) is 18.2 Å². The third-order valence-electron chi connectivity index (χ3n) is 2.39. The summed E-state index contributed by atoms with van der Waals surface area (Å²) in [5.74, 6) is 0.355. The van der Waals surface area contributed by atoms with Gasteiger partial charge >= 0.3 is 0 Å². The van der Waals surface area contributed by atoms with Crippen LogP contribution in [0.15, 0.2) is 18.2 Å². The lowest BCUT2D eigenvalue weighted by Gasteiger charge is -2.11. The topological polar surface area (TPSA) is 64.3 Å². The monoisotopic (exact) mass is 236 g/mol. The predicted molar refractivity (Wildman–Crippen MR) is 68.3 cm³/mol. The summed E-state index contributed by atoms with van der Waals surface area (Å²) < 4.78 is 5.56. The van der Waals surface area contributed by atoms with Crippen molar-refractivity contribution in [2.45, 2.75) is 26.8 Å². The molecule has 0 aliphatic heterocycles. The number of carbonyl (C=O) groups excluding carboxylic acids is 1. The highest BCUT2D eigenvalue weighted by Gasteiger charge is 2.05. The molecule has 17 heavy (non-hydrogen) atoms. The summed E-state index contributed by atoms with van der Waals surface area (Å²) in [6, 6.07) is 5.75. The van der Waals surface area contributed by atoms with Gasteiger partial charge < -0.3 is 15.8 Å². The number of primary amides is 1. The Morgan fingerprint density at radius 2 is 2.18 bits per heavy atom. The van der Waals surface area contributed by atoms with E-state index in [4.69, 9.17) is 10.5 Å². The third-order valence-corrected chi connectivity index (χ3v) is 2.39. The van der Waals surface area contributed by atoms with Crippen molar-refractivity contribution in [3.05, 3.63) is 29.3 Å². The van der Waals surface area contributed by atoms with Gasteiger partial charge in [0.1, 0.15) is 12.4 Å². The van der Waals surface area contributed by atoms with Crippen molar-refractivity contribution in [1.29, 1.82) is 0 Å². The second-order valence-electron chi connectivity index (χ2n) is 4.30. The molecule has 4 nitrogen and oxygen atoms in total. The van der Waals surface area contributed by atoms with E-state index in [1.165, 1.54) is 0 Å². The number of hydrogen-bond acceptors (Lipinski definition) is 3. The van der Waals surface area contributed by atoms with E-state index in [0.717, 1.165) is 17.9 Å². The summed E-state index contributed by atoms with van der Waals surface area (Å²) in [5.41, 5.74) is 6.61. The summed E-state index contributed by atoms with van der Waals surface area (Å²) in [5, 5.41) is 3.26. The minimum absolute atomic E-state index is 0.407. The van der Waals surface area contributed by atoms with E-state index in [1.807, 2.05) is 13.0 Å². The van der Waals surface area contributed by atoms with Crippen LogP contribution in [0.25, 0.3) is 0 Å². The van der Waals surface area contributed by atoms with Crippen molar-refractivity contribution in [2.75, 3.05) is 13.2 Å². The van der Waals surface area contributed by atoms with E-state index in [9.17, 15) is 4.79 Å². The first kappa shape index (κ1) is 13.5. The van der Waals surface area contributed by atoms with Crippen molar-refractivity contribution in [3.8, 4) is 5.75 Å². The first-order valence-electron chi connectivity index (χ1n) is 5.77. The molecule has 4 heteroatoms. The smallest absolute Gasteiger partial charge is 0.248 e. The molecule has 94 valence electrons. The van der Waals surface area contributed by atoms with Crippen LogP contribution in [0.2, 0.25) is 0 Å². The van der Waals surface area contributed by atoms with Gasteiger partial charge in [-0.25, -0.2) is 0 Å². The Balaban J connectivity index is 2.50. The maximum atomic E-state index is 11.0. The molecule has 1 rings (SSSR count). The Morgan fingerprint density at radius 3 is 2.71 bits per heavy atom.